The largest absolute Gasteiger partial charge is 0.480 e. The van der Waals surface area contributed by atoms with Gasteiger partial charge in [-0.1, -0.05) is 43.3 Å². The normalized spacial score (nSPS) is 11.2. The van der Waals surface area contributed by atoms with Crippen molar-refractivity contribution in [1.29, 1.82) is 0 Å². The standard InChI is InChI=1S/C26H22N6O5/c1-2-13-29-20(15-22(34)30(26(29)37)16-23(35)36)32-21(33)12-11-18(27-32)24-19-10-6-7-14-31(19)28-25(24)17-8-4-3-5-9-17/h3-12,14-15H,2,13,16H2,1H3,(H,35,36). The Morgan fingerprint density at radius 1 is 0.892 bits per heavy atom. The third-order valence-corrected chi connectivity index (χ3v) is 5.86. The van der Waals surface area contributed by atoms with E-state index in [4.69, 9.17) is 10.2 Å². The molecule has 11 heteroatoms. The summed E-state index contributed by atoms with van der Waals surface area (Å²) in [7, 11) is 0. The smallest absolute Gasteiger partial charge is 0.333 e. The molecule has 0 amide bonds. The number of carboxylic acid groups (broad SMARTS) is 1. The van der Waals surface area contributed by atoms with Crippen molar-refractivity contribution in [1.82, 2.24) is 28.5 Å². The maximum Gasteiger partial charge on any atom is 0.333 e. The molecule has 0 bridgehead atoms. The Hall–Kier alpha value is -5.06. The van der Waals surface area contributed by atoms with Crippen LogP contribution in [0.1, 0.15) is 13.3 Å². The Morgan fingerprint density at radius 3 is 2.38 bits per heavy atom. The first-order chi connectivity index (χ1) is 17.9. The molecule has 37 heavy (non-hydrogen) atoms. The van der Waals surface area contributed by atoms with Gasteiger partial charge in [-0.25, -0.2) is 13.9 Å². The Kier molecular flexibility index (Phi) is 6.10. The number of rotatable bonds is 7. The van der Waals surface area contributed by atoms with Gasteiger partial charge < -0.3 is 5.11 Å². The number of pyridine rings is 1. The molecular formula is C26H22N6O5. The van der Waals surface area contributed by atoms with Crippen molar-refractivity contribution in [2.45, 2.75) is 26.4 Å². The average Bonchev–Trinajstić information content (AvgIpc) is 3.29. The molecule has 0 fully saturated rings. The zero-order chi connectivity index (χ0) is 26.1. The van der Waals surface area contributed by atoms with Crippen molar-refractivity contribution >= 4 is 11.5 Å². The topological polar surface area (TPSA) is 133 Å². The molecule has 0 aliphatic carbocycles. The summed E-state index contributed by atoms with van der Waals surface area (Å²) in [6.45, 7) is 1.19. The Balaban J connectivity index is 1.78. The minimum atomic E-state index is -1.33. The molecule has 0 aliphatic heterocycles. The fourth-order valence-corrected chi connectivity index (χ4v) is 4.25. The Bertz CT molecular complexity index is 1810. The van der Waals surface area contributed by atoms with Gasteiger partial charge in [0.2, 0.25) is 0 Å². The maximum absolute atomic E-state index is 13.1. The van der Waals surface area contributed by atoms with Gasteiger partial charge in [0.25, 0.3) is 11.1 Å². The van der Waals surface area contributed by atoms with E-state index in [-0.39, 0.29) is 12.4 Å². The number of hydrogen-bond acceptors (Lipinski definition) is 6. The van der Waals surface area contributed by atoms with Gasteiger partial charge in [0.15, 0.2) is 0 Å². The van der Waals surface area contributed by atoms with Crippen molar-refractivity contribution in [3.05, 3.63) is 104 Å². The molecule has 1 N–H and O–H groups in total. The molecule has 4 heterocycles. The van der Waals surface area contributed by atoms with Crippen LogP contribution >= 0.6 is 0 Å². The number of aromatic nitrogens is 6. The summed E-state index contributed by atoms with van der Waals surface area (Å²) in [5.41, 5.74) is 1.10. The second-order valence-corrected chi connectivity index (χ2v) is 8.34. The lowest BCUT2D eigenvalue weighted by atomic mass is 10.0. The van der Waals surface area contributed by atoms with E-state index in [1.54, 1.807) is 10.6 Å². The molecule has 186 valence electrons. The van der Waals surface area contributed by atoms with Gasteiger partial charge in [0.05, 0.1) is 16.8 Å². The minimum Gasteiger partial charge on any atom is -0.480 e. The molecule has 1 aromatic carbocycles. The Labute approximate surface area is 209 Å². The Morgan fingerprint density at radius 2 is 1.65 bits per heavy atom. The van der Waals surface area contributed by atoms with Crippen LogP contribution in [-0.2, 0) is 17.9 Å². The second-order valence-electron chi connectivity index (χ2n) is 8.34. The number of nitrogens with zero attached hydrogens (tertiary/aromatic N) is 6. The summed E-state index contributed by atoms with van der Waals surface area (Å²) in [5, 5.41) is 18.4. The maximum atomic E-state index is 13.1. The summed E-state index contributed by atoms with van der Waals surface area (Å²) in [6, 6.07) is 19.1. The van der Waals surface area contributed by atoms with Crippen molar-refractivity contribution < 1.29 is 9.90 Å². The predicted molar refractivity (Wildman–Crippen MR) is 136 cm³/mol. The molecule has 0 unspecified atom stereocenters. The molecule has 5 rings (SSSR count). The van der Waals surface area contributed by atoms with Crippen LogP contribution in [0.25, 0.3) is 33.8 Å². The molecule has 0 atom stereocenters. The zero-order valence-corrected chi connectivity index (χ0v) is 19.8. The van der Waals surface area contributed by atoms with Gasteiger partial charge in [-0.3, -0.25) is 19.0 Å². The van der Waals surface area contributed by atoms with Gasteiger partial charge in [-0.15, -0.1) is 0 Å². The fourth-order valence-electron chi connectivity index (χ4n) is 4.25. The number of aliphatic carboxylic acids is 1. The number of carboxylic acids is 1. The van der Waals surface area contributed by atoms with E-state index >= 15 is 0 Å². The average molecular weight is 498 g/mol. The number of fused-ring (bicyclic) bond motifs is 1. The van der Waals surface area contributed by atoms with Crippen molar-refractivity contribution in [3.8, 4) is 28.3 Å². The first-order valence-electron chi connectivity index (χ1n) is 11.6. The van der Waals surface area contributed by atoms with E-state index in [9.17, 15) is 19.2 Å². The number of carbonyl (C=O) groups is 1. The second kappa shape index (κ2) is 9.53. The molecule has 5 aromatic rings. The lowest BCUT2D eigenvalue weighted by molar-refractivity contribution is -0.137. The zero-order valence-electron chi connectivity index (χ0n) is 19.8. The van der Waals surface area contributed by atoms with Crippen molar-refractivity contribution in [3.63, 3.8) is 0 Å². The lowest BCUT2D eigenvalue weighted by Gasteiger charge is -2.15. The molecular weight excluding hydrogens is 476 g/mol. The fraction of sp³-hybridized carbons (Fsp3) is 0.154. The van der Waals surface area contributed by atoms with E-state index in [0.717, 1.165) is 21.8 Å². The van der Waals surface area contributed by atoms with E-state index in [2.05, 4.69) is 5.10 Å². The first-order valence-corrected chi connectivity index (χ1v) is 11.6. The molecule has 0 aliphatic rings. The van der Waals surface area contributed by atoms with Gasteiger partial charge in [0, 0.05) is 30.4 Å². The van der Waals surface area contributed by atoms with E-state index < -0.39 is 29.3 Å². The van der Waals surface area contributed by atoms with Crippen molar-refractivity contribution in [2.24, 2.45) is 0 Å². The highest BCUT2D eigenvalue weighted by Gasteiger charge is 2.20. The summed E-state index contributed by atoms with van der Waals surface area (Å²) in [6.07, 6.45) is 2.31. The van der Waals surface area contributed by atoms with Gasteiger partial charge >= 0.3 is 11.7 Å². The van der Waals surface area contributed by atoms with Crippen molar-refractivity contribution in [2.75, 3.05) is 0 Å². The van der Waals surface area contributed by atoms with E-state index in [0.29, 0.717) is 27.9 Å². The third-order valence-electron chi connectivity index (χ3n) is 5.86. The molecule has 0 saturated carbocycles. The molecule has 4 aromatic heterocycles. The molecule has 0 radical (unpaired) electrons. The number of benzene rings is 1. The molecule has 0 saturated heterocycles. The van der Waals surface area contributed by atoms with Crippen LogP contribution in [-0.4, -0.2) is 39.6 Å². The van der Waals surface area contributed by atoms with Gasteiger partial charge in [-0.2, -0.15) is 14.9 Å². The summed E-state index contributed by atoms with van der Waals surface area (Å²) in [4.78, 5) is 49.9. The van der Waals surface area contributed by atoms with Crippen LogP contribution in [0.15, 0.2) is 87.3 Å². The highest BCUT2D eigenvalue weighted by Crippen LogP contribution is 2.33. The highest BCUT2D eigenvalue weighted by molar-refractivity contribution is 5.90. The SMILES string of the molecule is CCCn1c(-n2nc(-c3c(-c4ccccc4)nn4ccccc34)ccc2=O)cc(=O)n(CC(=O)O)c1=O. The molecule has 11 nitrogen and oxygen atoms in total. The number of hydrogen-bond donors (Lipinski definition) is 1. The summed E-state index contributed by atoms with van der Waals surface area (Å²) >= 11 is 0. The van der Waals surface area contributed by atoms with Crippen LogP contribution in [0.4, 0.5) is 0 Å². The minimum absolute atomic E-state index is 0.0388. The monoisotopic (exact) mass is 498 g/mol. The highest BCUT2D eigenvalue weighted by atomic mass is 16.4. The molecule has 0 spiro atoms. The first kappa shape index (κ1) is 23.7. The van der Waals surface area contributed by atoms with Crippen LogP contribution in [0, 0.1) is 0 Å². The van der Waals surface area contributed by atoms with Crippen LogP contribution in [0.5, 0.6) is 0 Å². The quantitative estimate of drug-likeness (QED) is 0.363. The van der Waals surface area contributed by atoms with Gasteiger partial charge in [0.1, 0.15) is 18.1 Å². The lowest BCUT2D eigenvalue weighted by Crippen LogP contribution is -2.43. The van der Waals surface area contributed by atoms with E-state index in [1.807, 2.05) is 61.7 Å². The summed E-state index contributed by atoms with van der Waals surface area (Å²) < 4.78 is 4.53. The van der Waals surface area contributed by atoms with Crippen LogP contribution in [0.3, 0.4) is 0 Å². The van der Waals surface area contributed by atoms with E-state index in [1.165, 1.54) is 10.6 Å². The van der Waals surface area contributed by atoms with Crippen LogP contribution in [0.2, 0.25) is 0 Å². The third kappa shape index (κ3) is 4.27. The van der Waals surface area contributed by atoms with Gasteiger partial charge in [-0.05, 0) is 24.6 Å². The van der Waals surface area contributed by atoms with Crippen LogP contribution < -0.4 is 16.8 Å². The predicted octanol–water partition coefficient (Wildman–Crippen LogP) is 2.03. The summed E-state index contributed by atoms with van der Waals surface area (Å²) in [5.74, 6) is -1.36.